The molecule has 0 aromatic heterocycles. The highest BCUT2D eigenvalue weighted by molar-refractivity contribution is 5.35. The number of hydrogen-bond acceptors (Lipinski definition) is 2. The van der Waals surface area contributed by atoms with Crippen LogP contribution in [0.15, 0.2) is 12.1 Å². The second kappa shape index (κ2) is 3.50. The fourth-order valence-electron chi connectivity index (χ4n) is 0.962. The Balaban J connectivity index is 3.30. The summed E-state index contributed by atoms with van der Waals surface area (Å²) in [6, 6.07) is 3.14. The topological polar surface area (TPSA) is 49.8 Å². The Kier molecular flexibility index (Phi) is 2.59. The minimum absolute atomic E-state index is 0.342. The maximum absolute atomic E-state index is 13.0. The van der Waals surface area contributed by atoms with Gasteiger partial charge in [-0.05, 0) is 24.6 Å². The summed E-state index contributed by atoms with van der Waals surface area (Å²) in [5.74, 6) is -1.73. The van der Waals surface area contributed by atoms with Crippen molar-refractivity contribution in [3.8, 4) is 6.07 Å². The van der Waals surface area contributed by atoms with Crippen LogP contribution in [0.4, 0.5) is 8.78 Å². The lowest BCUT2D eigenvalue weighted by Crippen LogP contribution is -2.06. The van der Waals surface area contributed by atoms with Crippen LogP contribution in [0.2, 0.25) is 0 Å². The van der Waals surface area contributed by atoms with Crippen LogP contribution in [0.25, 0.3) is 0 Å². The first-order valence-electron chi connectivity index (χ1n) is 3.71. The van der Waals surface area contributed by atoms with E-state index in [9.17, 15) is 8.78 Å². The van der Waals surface area contributed by atoms with Crippen LogP contribution in [-0.2, 0) is 0 Å². The Morgan fingerprint density at radius 3 is 2.15 bits per heavy atom. The van der Waals surface area contributed by atoms with Crippen LogP contribution in [0.1, 0.15) is 24.1 Å². The zero-order valence-electron chi connectivity index (χ0n) is 7.01. The van der Waals surface area contributed by atoms with Gasteiger partial charge < -0.3 is 5.73 Å². The summed E-state index contributed by atoms with van der Waals surface area (Å²) < 4.78 is 25.9. The third kappa shape index (κ3) is 1.82. The van der Waals surface area contributed by atoms with Crippen molar-refractivity contribution in [1.29, 1.82) is 5.26 Å². The molecular formula is C9H8F2N2. The molecule has 1 aromatic carbocycles. The van der Waals surface area contributed by atoms with Gasteiger partial charge in [-0.1, -0.05) is 0 Å². The van der Waals surface area contributed by atoms with E-state index in [1.165, 1.54) is 6.07 Å². The zero-order chi connectivity index (χ0) is 10.0. The standard InChI is InChI=1S/C9H8F2N2/c1-5(13)6-2-8(10)7(4-12)9(11)3-6/h2-3,5H,13H2,1H3/t5-/m0/s1. The summed E-state index contributed by atoms with van der Waals surface area (Å²) in [4.78, 5) is 0. The average Bonchev–Trinajstić information content (AvgIpc) is 2.03. The summed E-state index contributed by atoms with van der Waals surface area (Å²) in [5.41, 5.74) is 5.20. The molecule has 1 rings (SSSR count). The smallest absolute Gasteiger partial charge is 0.144 e. The molecule has 1 aromatic rings. The third-order valence-corrected chi connectivity index (χ3v) is 1.70. The number of nitrogens with two attached hydrogens (primary N) is 1. The number of benzene rings is 1. The van der Waals surface area contributed by atoms with Crippen molar-refractivity contribution in [2.24, 2.45) is 5.73 Å². The van der Waals surface area contributed by atoms with Gasteiger partial charge in [-0.25, -0.2) is 8.78 Å². The first kappa shape index (κ1) is 9.62. The second-order valence-electron chi connectivity index (χ2n) is 2.76. The van der Waals surface area contributed by atoms with Crippen molar-refractivity contribution in [2.75, 3.05) is 0 Å². The van der Waals surface area contributed by atoms with Gasteiger partial charge in [0.05, 0.1) is 0 Å². The number of nitrogens with zero attached hydrogens (tertiary/aromatic N) is 1. The Morgan fingerprint density at radius 1 is 1.38 bits per heavy atom. The van der Waals surface area contributed by atoms with Crippen molar-refractivity contribution >= 4 is 0 Å². The van der Waals surface area contributed by atoms with E-state index in [-0.39, 0.29) is 0 Å². The van der Waals surface area contributed by atoms with Crippen molar-refractivity contribution in [3.63, 3.8) is 0 Å². The molecule has 68 valence electrons. The Bertz CT molecular complexity index is 343. The molecule has 0 aliphatic heterocycles. The van der Waals surface area contributed by atoms with Crippen molar-refractivity contribution in [2.45, 2.75) is 13.0 Å². The normalized spacial score (nSPS) is 12.2. The van der Waals surface area contributed by atoms with Crippen LogP contribution in [-0.4, -0.2) is 0 Å². The lowest BCUT2D eigenvalue weighted by atomic mass is 10.1. The van der Waals surface area contributed by atoms with Gasteiger partial charge in [0.15, 0.2) is 0 Å². The van der Waals surface area contributed by atoms with E-state index in [0.717, 1.165) is 12.1 Å². The molecule has 0 aliphatic rings. The SMILES string of the molecule is C[C@H](N)c1cc(F)c(C#N)c(F)c1. The lowest BCUT2D eigenvalue weighted by Gasteiger charge is -2.06. The molecule has 0 heterocycles. The maximum Gasteiger partial charge on any atom is 0.144 e. The molecule has 0 spiro atoms. The van der Waals surface area contributed by atoms with Gasteiger partial charge in [-0.15, -0.1) is 0 Å². The molecule has 0 saturated heterocycles. The molecule has 0 fully saturated rings. The molecule has 4 heteroatoms. The van der Waals surface area contributed by atoms with E-state index in [1.807, 2.05) is 0 Å². The predicted molar refractivity (Wildman–Crippen MR) is 43.7 cm³/mol. The molecule has 13 heavy (non-hydrogen) atoms. The highest BCUT2D eigenvalue weighted by Gasteiger charge is 2.11. The van der Waals surface area contributed by atoms with Gasteiger partial charge in [-0.3, -0.25) is 0 Å². The van der Waals surface area contributed by atoms with E-state index in [2.05, 4.69) is 0 Å². The van der Waals surface area contributed by atoms with Gasteiger partial charge in [0.1, 0.15) is 23.3 Å². The average molecular weight is 182 g/mol. The predicted octanol–water partition coefficient (Wildman–Crippen LogP) is 1.86. The fraction of sp³-hybridized carbons (Fsp3) is 0.222. The van der Waals surface area contributed by atoms with Gasteiger partial charge in [-0.2, -0.15) is 5.26 Å². The highest BCUT2D eigenvalue weighted by Crippen LogP contribution is 2.17. The highest BCUT2D eigenvalue weighted by atomic mass is 19.1. The van der Waals surface area contributed by atoms with Crippen LogP contribution in [0.3, 0.4) is 0 Å². The van der Waals surface area contributed by atoms with E-state index in [0.29, 0.717) is 5.56 Å². The summed E-state index contributed by atoms with van der Waals surface area (Å²) in [6.45, 7) is 1.61. The monoisotopic (exact) mass is 182 g/mol. The third-order valence-electron chi connectivity index (χ3n) is 1.70. The van der Waals surface area contributed by atoms with Gasteiger partial charge in [0.2, 0.25) is 0 Å². The molecule has 1 atom stereocenters. The Hall–Kier alpha value is -1.47. The van der Waals surface area contributed by atoms with Gasteiger partial charge in [0, 0.05) is 6.04 Å². The van der Waals surface area contributed by atoms with Crippen LogP contribution in [0, 0.1) is 23.0 Å². The minimum atomic E-state index is -0.866. The molecule has 0 saturated carbocycles. The van der Waals surface area contributed by atoms with E-state index in [4.69, 9.17) is 11.0 Å². The molecule has 2 N–H and O–H groups in total. The summed E-state index contributed by atoms with van der Waals surface area (Å²) in [7, 11) is 0. The number of nitriles is 1. The molecule has 0 aliphatic carbocycles. The van der Waals surface area contributed by atoms with E-state index in [1.54, 1.807) is 6.92 Å². The molecule has 0 unspecified atom stereocenters. The Morgan fingerprint density at radius 2 is 1.85 bits per heavy atom. The van der Waals surface area contributed by atoms with Crippen molar-refractivity contribution in [3.05, 3.63) is 34.9 Å². The first-order valence-corrected chi connectivity index (χ1v) is 3.71. The second-order valence-corrected chi connectivity index (χ2v) is 2.76. The van der Waals surface area contributed by atoms with Crippen LogP contribution < -0.4 is 5.73 Å². The maximum atomic E-state index is 13.0. The van der Waals surface area contributed by atoms with Gasteiger partial charge in [0.25, 0.3) is 0 Å². The largest absolute Gasteiger partial charge is 0.324 e. The zero-order valence-corrected chi connectivity index (χ0v) is 7.01. The number of rotatable bonds is 1. The van der Waals surface area contributed by atoms with Crippen LogP contribution >= 0.6 is 0 Å². The lowest BCUT2D eigenvalue weighted by molar-refractivity contribution is 0.569. The summed E-state index contributed by atoms with van der Waals surface area (Å²) in [6.07, 6.45) is 0. The molecule has 0 radical (unpaired) electrons. The number of halogens is 2. The van der Waals surface area contributed by atoms with Gasteiger partial charge >= 0.3 is 0 Å². The van der Waals surface area contributed by atoms with Crippen molar-refractivity contribution in [1.82, 2.24) is 0 Å². The van der Waals surface area contributed by atoms with E-state index >= 15 is 0 Å². The summed E-state index contributed by atoms with van der Waals surface area (Å²) in [5, 5.41) is 8.37. The number of hydrogen-bond donors (Lipinski definition) is 1. The van der Waals surface area contributed by atoms with Crippen LogP contribution in [0.5, 0.6) is 0 Å². The quantitative estimate of drug-likeness (QED) is 0.720. The first-order chi connectivity index (χ1) is 6.06. The minimum Gasteiger partial charge on any atom is -0.324 e. The van der Waals surface area contributed by atoms with Crippen molar-refractivity contribution < 1.29 is 8.78 Å². The molecule has 0 amide bonds. The molecular weight excluding hydrogens is 174 g/mol. The Labute approximate surface area is 74.6 Å². The molecule has 0 bridgehead atoms. The van der Waals surface area contributed by atoms with E-state index < -0.39 is 23.2 Å². The fourth-order valence-corrected chi connectivity index (χ4v) is 0.962. The molecule has 2 nitrogen and oxygen atoms in total. The summed E-state index contributed by atoms with van der Waals surface area (Å²) >= 11 is 0.